The Hall–Kier alpha value is -2.14. The molecule has 5 nitrogen and oxygen atoms in total. The van der Waals surface area contributed by atoms with E-state index in [9.17, 15) is 4.79 Å². The summed E-state index contributed by atoms with van der Waals surface area (Å²) in [6.45, 7) is 4.35. The van der Waals surface area contributed by atoms with Crippen LogP contribution in [0.1, 0.15) is 17.5 Å². The van der Waals surface area contributed by atoms with Crippen molar-refractivity contribution in [2.75, 3.05) is 19.6 Å². The van der Waals surface area contributed by atoms with Crippen LogP contribution in [0.5, 0.6) is 0 Å². The lowest BCUT2D eigenvalue weighted by atomic mass is 10.1. The number of carbonyl (C=O) groups excluding carboxylic acids is 1. The summed E-state index contributed by atoms with van der Waals surface area (Å²) in [7, 11) is 0. The van der Waals surface area contributed by atoms with Gasteiger partial charge < -0.3 is 14.7 Å². The largest absolute Gasteiger partial charge is 0.350 e. The highest BCUT2D eigenvalue weighted by Crippen LogP contribution is 2.20. The van der Waals surface area contributed by atoms with E-state index in [0.717, 1.165) is 18.7 Å². The summed E-state index contributed by atoms with van der Waals surface area (Å²) in [6, 6.07) is 11.6. The third-order valence-electron chi connectivity index (χ3n) is 3.55. The van der Waals surface area contributed by atoms with Gasteiger partial charge in [-0.3, -0.25) is 4.79 Å². The number of hydrogen-bond acceptors (Lipinski definition) is 4. The van der Waals surface area contributed by atoms with Gasteiger partial charge in [0.1, 0.15) is 5.69 Å². The lowest BCUT2D eigenvalue weighted by Gasteiger charge is -2.33. The highest BCUT2D eigenvalue weighted by molar-refractivity contribution is 5.92. The average Bonchev–Trinajstić information content (AvgIpc) is 2.98. The molecular weight excluding hydrogens is 254 g/mol. The Balaban J connectivity index is 1.81. The Labute approximate surface area is 117 Å². The van der Waals surface area contributed by atoms with Gasteiger partial charge in [0.15, 0.2) is 0 Å². The van der Waals surface area contributed by atoms with E-state index >= 15 is 0 Å². The zero-order chi connectivity index (χ0) is 13.9. The molecule has 1 N–H and O–H groups in total. The summed E-state index contributed by atoms with van der Waals surface area (Å²) in [5.41, 5.74) is 1.64. The van der Waals surface area contributed by atoms with Crippen LogP contribution >= 0.6 is 0 Å². The van der Waals surface area contributed by atoms with Crippen molar-refractivity contribution < 1.29 is 9.32 Å². The number of rotatable bonds is 2. The first kappa shape index (κ1) is 12.9. The van der Waals surface area contributed by atoms with E-state index in [1.54, 1.807) is 6.07 Å². The van der Waals surface area contributed by atoms with E-state index in [0.29, 0.717) is 18.0 Å². The molecule has 104 valence electrons. The van der Waals surface area contributed by atoms with Crippen LogP contribution in [0.4, 0.5) is 0 Å². The maximum Gasteiger partial charge on any atom is 0.292 e. The molecule has 1 fully saturated rings. The molecule has 2 heterocycles. The van der Waals surface area contributed by atoms with E-state index in [-0.39, 0.29) is 11.9 Å². The number of amides is 1. The molecule has 0 unspecified atom stereocenters. The van der Waals surface area contributed by atoms with E-state index in [4.69, 9.17) is 4.52 Å². The smallest absolute Gasteiger partial charge is 0.292 e. The van der Waals surface area contributed by atoms with Crippen LogP contribution in [-0.4, -0.2) is 41.6 Å². The fourth-order valence-corrected chi connectivity index (χ4v) is 2.41. The molecule has 1 aromatic carbocycles. The first-order valence-corrected chi connectivity index (χ1v) is 6.79. The fourth-order valence-electron chi connectivity index (χ4n) is 2.41. The molecule has 1 aromatic heterocycles. The predicted molar refractivity (Wildman–Crippen MR) is 75.3 cm³/mol. The molecular formula is C15H17N3O2. The molecule has 0 aliphatic carbocycles. The van der Waals surface area contributed by atoms with Crippen LogP contribution < -0.4 is 5.32 Å². The maximum absolute atomic E-state index is 12.4. The number of benzene rings is 1. The normalized spacial score (nSPS) is 19.1. The Morgan fingerprint density at radius 1 is 1.40 bits per heavy atom. The Bertz CT molecular complexity index is 594. The monoisotopic (exact) mass is 271 g/mol. The van der Waals surface area contributed by atoms with E-state index in [1.165, 1.54) is 0 Å². The molecule has 0 spiro atoms. The zero-order valence-corrected chi connectivity index (χ0v) is 11.4. The summed E-state index contributed by atoms with van der Waals surface area (Å²) in [4.78, 5) is 14.2. The molecule has 1 saturated heterocycles. The Morgan fingerprint density at radius 2 is 2.20 bits per heavy atom. The van der Waals surface area contributed by atoms with Gasteiger partial charge in [-0.2, -0.15) is 0 Å². The Morgan fingerprint density at radius 3 is 2.95 bits per heavy atom. The van der Waals surface area contributed by atoms with Crippen molar-refractivity contribution in [3.8, 4) is 11.3 Å². The standard InChI is InChI=1S/C15H17N3O2/c1-11-10-16-7-8-18(11)15(19)14-9-13(17-20-14)12-5-3-2-4-6-12/h2-6,9,11,16H,7-8,10H2,1H3/t11-/m1/s1. The lowest BCUT2D eigenvalue weighted by Crippen LogP contribution is -2.52. The third kappa shape index (κ3) is 2.44. The van der Waals surface area contributed by atoms with E-state index in [1.807, 2.05) is 42.2 Å². The number of carbonyl (C=O) groups is 1. The van der Waals surface area contributed by atoms with Gasteiger partial charge in [-0.15, -0.1) is 0 Å². The van der Waals surface area contributed by atoms with Crippen molar-refractivity contribution in [3.63, 3.8) is 0 Å². The number of nitrogens with zero attached hydrogens (tertiary/aromatic N) is 2. The van der Waals surface area contributed by atoms with E-state index in [2.05, 4.69) is 10.5 Å². The zero-order valence-electron chi connectivity index (χ0n) is 11.4. The van der Waals surface area contributed by atoms with Crippen LogP contribution in [0, 0.1) is 0 Å². The topological polar surface area (TPSA) is 58.4 Å². The second kappa shape index (κ2) is 5.46. The maximum atomic E-state index is 12.4. The molecule has 3 rings (SSSR count). The summed E-state index contributed by atoms with van der Waals surface area (Å²) in [5, 5.41) is 7.25. The quantitative estimate of drug-likeness (QED) is 0.904. The minimum atomic E-state index is -0.0892. The molecule has 0 radical (unpaired) electrons. The van der Waals surface area contributed by atoms with Crippen molar-refractivity contribution in [1.29, 1.82) is 0 Å². The minimum absolute atomic E-state index is 0.0892. The average molecular weight is 271 g/mol. The van der Waals surface area contributed by atoms with Crippen LogP contribution in [-0.2, 0) is 0 Å². The molecule has 1 atom stereocenters. The molecule has 0 saturated carbocycles. The number of piperazine rings is 1. The summed E-state index contributed by atoms with van der Waals surface area (Å²) < 4.78 is 5.22. The Kier molecular flexibility index (Phi) is 3.52. The minimum Gasteiger partial charge on any atom is -0.350 e. The first-order chi connectivity index (χ1) is 9.75. The second-order valence-electron chi connectivity index (χ2n) is 4.99. The molecule has 20 heavy (non-hydrogen) atoms. The van der Waals surface area contributed by atoms with Gasteiger partial charge in [0.05, 0.1) is 0 Å². The van der Waals surface area contributed by atoms with E-state index < -0.39 is 0 Å². The van der Waals surface area contributed by atoms with Gasteiger partial charge in [-0.1, -0.05) is 35.5 Å². The van der Waals surface area contributed by atoms with Gasteiger partial charge in [-0.05, 0) is 6.92 Å². The molecule has 1 amide bonds. The summed E-state index contributed by atoms with van der Waals surface area (Å²) >= 11 is 0. The molecule has 0 bridgehead atoms. The van der Waals surface area contributed by atoms with Crippen LogP contribution in [0.25, 0.3) is 11.3 Å². The van der Waals surface area contributed by atoms with Crippen molar-refractivity contribution in [3.05, 3.63) is 42.2 Å². The summed E-state index contributed by atoms with van der Waals surface area (Å²) in [5.74, 6) is 0.214. The van der Waals surface area contributed by atoms with Gasteiger partial charge in [0.25, 0.3) is 5.91 Å². The number of nitrogens with one attached hydrogen (secondary N) is 1. The predicted octanol–water partition coefficient (Wildman–Crippen LogP) is 1.78. The fraction of sp³-hybridized carbons (Fsp3) is 0.333. The lowest BCUT2D eigenvalue weighted by molar-refractivity contribution is 0.0613. The first-order valence-electron chi connectivity index (χ1n) is 6.79. The highest BCUT2D eigenvalue weighted by Gasteiger charge is 2.26. The van der Waals surface area contributed by atoms with Gasteiger partial charge in [0, 0.05) is 37.3 Å². The highest BCUT2D eigenvalue weighted by atomic mass is 16.5. The van der Waals surface area contributed by atoms with Crippen LogP contribution in [0.3, 0.4) is 0 Å². The van der Waals surface area contributed by atoms with Gasteiger partial charge >= 0.3 is 0 Å². The van der Waals surface area contributed by atoms with Crippen LogP contribution in [0.15, 0.2) is 40.9 Å². The van der Waals surface area contributed by atoms with Gasteiger partial charge in [0.2, 0.25) is 5.76 Å². The third-order valence-corrected chi connectivity index (χ3v) is 3.55. The van der Waals surface area contributed by atoms with Gasteiger partial charge in [-0.25, -0.2) is 0 Å². The van der Waals surface area contributed by atoms with Crippen molar-refractivity contribution in [1.82, 2.24) is 15.4 Å². The van der Waals surface area contributed by atoms with Crippen molar-refractivity contribution in [2.45, 2.75) is 13.0 Å². The molecule has 5 heteroatoms. The number of aromatic nitrogens is 1. The van der Waals surface area contributed by atoms with Crippen LogP contribution in [0.2, 0.25) is 0 Å². The SMILES string of the molecule is C[C@@H]1CNCCN1C(=O)c1cc(-c2ccccc2)no1. The van der Waals surface area contributed by atoms with Crippen molar-refractivity contribution in [2.24, 2.45) is 0 Å². The van der Waals surface area contributed by atoms with Crippen molar-refractivity contribution >= 4 is 5.91 Å². The molecule has 1 aliphatic heterocycles. The second-order valence-corrected chi connectivity index (χ2v) is 4.99. The summed E-state index contributed by atoms with van der Waals surface area (Å²) in [6.07, 6.45) is 0. The molecule has 1 aliphatic rings. The number of hydrogen-bond donors (Lipinski definition) is 1. The molecule has 2 aromatic rings.